The summed E-state index contributed by atoms with van der Waals surface area (Å²) in [6, 6.07) is 12.7. The molecule has 0 radical (unpaired) electrons. The van der Waals surface area contributed by atoms with Crippen LogP contribution in [0.1, 0.15) is 12.5 Å². The Morgan fingerprint density at radius 2 is 2.12 bits per heavy atom. The van der Waals surface area contributed by atoms with Crippen LogP contribution < -0.4 is 5.32 Å². The first kappa shape index (κ1) is 17.6. The van der Waals surface area contributed by atoms with E-state index in [0.29, 0.717) is 23.0 Å². The van der Waals surface area contributed by atoms with Gasteiger partial charge in [-0.05, 0) is 31.2 Å². The first-order valence-corrected chi connectivity index (χ1v) is 8.97. The third-order valence-electron chi connectivity index (χ3n) is 3.61. The average molecular weight is 364 g/mol. The van der Waals surface area contributed by atoms with Gasteiger partial charge in [0.25, 0.3) is 0 Å². The summed E-state index contributed by atoms with van der Waals surface area (Å²) in [5.41, 5.74) is 1.82. The van der Waals surface area contributed by atoms with Crippen molar-refractivity contribution in [3.63, 3.8) is 0 Å². The quantitative estimate of drug-likeness (QED) is 0.676. The van der Waals surface area contributed by atoms with Gasteiger partial charge >= 0.3 is 0 Å². The molecule has 8 heteroatoms. The number of benzene rings is 1. The smallest absolute Gasteiger partial charge is 0.234 e. The lowest BCUT2D eigenvalue weighted by Crippen LogP contribution is -2.15. The number of nitriles is 1. The van der Waals surface area contributed by atoms with Crippen molar-refractivity contribution in [2.24, 2.45) is 0 Å². The minimum Gasteiger partial charge on any atom is -0.324 e. The van der Waals surface area contributed by atoms with Crippen LogP contribution in [0, 0.1) is 11.3 Å². The zero-order valence-electron chi connectivity index (χ0n) is 14.1. The average Bonchev–Trinajstić information content (AvgIpc) is 3.10. The number of pyridine rings is 1. The van der Waals surface area contributed by atoms with Gasteiger partial charge in [0.15, 0.2) is 11.0 Å². The van der Waals surface area contributed by atoms with Gasteiger partial charge < -0.3 is 9.88 Å². The number of aromatic nitrogens is 4. The second kappa shape index (κ2) is 8.27. The van der Waals surface area contributed by atoms with E-state index in [4.69, 9.17) is 5.26 Å². The van der Waals surface area contributed by atoms with Crippen molar-refractivity contribution in [3.05, 3.63) is 54.4 Å². The third kappa shape index (κ3) is 3.90. The number of para-hydroxylation sites is 1. The zero-order chi connectivity index (χ0) is 18.4. The van der Waals surface area contributed by atoms with E-state index in [9.17, 15) is 4.79 Å². The summed E-state index contributed by atoms with van der Waals surface area (Å²) in [5, 5.41) is 20.9. The van der Waals surface area contributed by atoms with Crippen molar-refractivity contribution in [1.82, 2.24) is 19.7 Å². The van der Waals surface area contributed by atoms with E-state index < -0.39 is 0 Å². The minimum absolute atomic E-state index is 0.172. The van der Waals surface area contributed by atoms with Gasteiger partial charge in [-0.3, -0.25) is 9.78 Å². The lowest BCUT2D eigenvalue weighted by atomic mass is 10.2. The fourth-order valence-corrected chi connectivity index (χ4v) is 3.20. The fourth-order valence-electron chi connectivity index (χ4n) is 2.40. The molecule has 0 aliphatic carbocycles. The molecule has 0 aliphatic rings. The van der Waals surface area contributed by atoms with E-state index in [1.165, 1.54) is 11.8 Å². The number of amides is 1. The topological polar surface area (TPSA) is 96.5 Å². The van der Waals surface area contributed by atoms with Crippen LogP contribution in [-0.4, -0.2) is 31.4 Å². The summed E-state index contributed by atoms with van der Waals surface area (Å²) >= 11 is 1.30. The lowest BCUT2D eigenvalue weighted by Gasteiger charge is -2.08. The standard InChI is InChI=1S/C18H16N6OS/c1-2-24-17(14-7-5-9-20-11-14)22-23-18(24)26-12-16(25)21-15-8-4-3-6-13(15)10-19/h3-9,11H,2,12H2,1H3,(H,21,25). The maximum atomic E-state index is 12.2. The van der Waals surface area contributed by atoms with E-state index in [0.717, 1.165) is 11.4 Å². The number of hydrogen-bond donors (Lipinski definition) is 1. The van der Waals surface area contributed by atoms with Crippen molar-refractivity contribution >= 4 is 23.4 Å². The van der Waals surface area contributed by atoms with E-state index in [2.05, 4.69) is 26.6 Å². The number of hydrogen-bond acceptors (Lipinski definition) is 6. The first-order chi connectivity index (χ1) is 12.7. The highest BCUT2D eigenvalue weighted by Crippen LogP contribution is 2.23. The number of anilines is 1. The Morgan fingerprint density at radius 3 is 2.85 bits per heavy atom. The summed E-state index contributed by atoms with van der Waals surface area (Å²) in [4.78, 5) is 16.3. The highest BCUT2D eigenvalue weighted by atomic mass is 32.2. The molecular formula is C18H16N6OS. The van der Waals surface area contributed by atoms with Crippen LogP contribution in [0.3, 0.4) is 0 Å². The predicted octanol–water partition coefficient (Wildman–Crippen LogP) is 2.96. The van der Waals surface area contributed by atoms with Crippen LogP contribution in [0.4, 0.5) is 5.69 Å². The number of carbonyl (C=O) groups is 1. The Kier molecular flexibility index (Phi) is 5.61. The molecule has 0 unspecified atom stereocenters. The normalized spacial score (nSPS) is 10.3. The maximum absolute atomic E-state index is 12.2. The molecule has 0 fully saturated rings. The Morgan fingerprint density at radius 1 is 1.27 bits per heavy atom. The lowest BCUT2D eigenvalue weighted by molar-refractivity contribution is -0.113. The van der Waals surface area contributed by atoms with Crippen molar-refractivity contribution in [3.8, 4) is 17.5 Å². The minimum atomic E-state index is -0.203. The molecule has 3 rings (SSSR count). The van der Waals surface area contributed by atoms with Crippen LogP contribution in [0.15, 0.2) is 53.9 Å². The third-order valence-corrected chi connectivity index (χ3v) is 4.57. The molecule has 0 bridgehead atoms. The Hall–Kier alpha value is -3.18. The van der Waals surface area contributed by atoms with Gasteiger partial charge in [-0.1, -0.05) is 23.9 Å². The molecule has 2 aromatic heterocycles. The second-order valence-corrected chi connectivity index (χ2v) is 6.23. The number of rotatable bonds is 6. The summed E-state index contributed by atoms with van der Waals surface area (Å²) in [7, 11) is 0. The molecule has 1 amide bonds. The molecule has 1 aromatic carbocycles. The van der Waals surface area contributed by atoms with Crippen molar-refractivity contribution < 1.29 is 4.79 Å². The summed E-state index contributed by atoms with van der Waals surface area (Å²) in [5.74, 6) is 0.690. The van der Waals surface area contributed by atoms with Gasteiger partial charge in [-0.25, -0.2) is 0 Å². The number of carbonyl (C=O) groups excluding carboxylic acids is 1. The molecule has 0 aliphatic heterocycles. The van der Waals surface area contributed by atoms with Crippen LogP contribution in [0.25, 0.3) is 11.4 Å². The molecule has 0 saturated carbocycles. The summed E-state index contributed by atoms with van der Waals surface area (Å²) in [6.07, 6.45) is 3.44. The molecule has 0 atom stereocenters. The number of thioether (sulfide) groups is 1. The molecule has 2 heterocycles. The largest absolute Gasteiger partial charge is 0.324 e. The van der Waals surface area contributed by atoms with E-state index in [1.807, 2.05) is 23.6 Å². The monoisotopic (exact) mass is 364 g/mol. The maximum Gasteiger partial charge on any atom is 0.234 e. The molecular weight excluding hydrogens is 348 g/mol. The Labute approximate surface area is 155 Å². The van der Waals surface area contributed by atoms with Crippen molar-refractivity contribution in [2.75, 3.05) is 11.1 Å². The zero-order valence-corrected chi connectivity index (χ0v) is 14.9. The van der Waals surface area contributed by atoms with Crippen LogP contribution in [0.2, 0.25) is 0 Å². The Bertz CT molecular complexity index is 948. The van der Waals surface area contributed by atoms with Gasteiger partial charge in [0.1, 0.15) is 6.07 Å². The Balaban J connectivity index is 1.69. The second-order valence-electron chi connectivity index (χ2n) is 5.29. The van der Waals surface area contributed by atoms with Gasteiger partial charge in [0, 0.05) is 24.5 Å². The number of nitrogens with zero attached hydrogens (tertiary/aromatic N) is 5. The highest BCUT2D eigenvalue weighted by Gasteiger charge is 2.15. The van der Waals surface area contributed by atoms with Gasteiger partial charge in [0.2, 0.25) is 5.91 Å². The van der Waals surface area contributed by atoms with Crippen molar-refractivity contribution in [1.29, 1.82) is 5.26 Å². The molecule has 0 saturated heterocycles. The van der Waals surface area contributed by atoms with Crippen LogP contribution in [0.5, 0.6) is 0 Å². The van der Waals surface area contributed by atoms with Gasteiger partial charge in [-0.15, -0.1) is 10.2 Å². The fraction of sp³-hybridized carbons (Fsp3) is 0.167. The molecule has 3 aromatic rings. The molecule has 0 spiro atoms. The first-order valence-electron chi connectivity index (χ1n) is 7.98. The van der Waals surface area contributed by atoms with E-state index in [-0.39, 0.29) is 11.7 Å². The van der Waals surface area contributed by atoms with E-state index >= 15 is 0 Å². The SMILES string of the molecule is CCn1c(SCC(=O)Nc2ccccc2C#N)nnc1-c1cccnc1. The molecule has 26 heavy (non-hydrogen) atoms. The molecule has 7 nitrogen and oxygen atoms in total. The van der Waals surface area contributed by atoms with Gasteiger partial charge in [0.05, 0.1) is 17.0 Å². The molecule has 1 N–H and O–H groups in total. The highest BCUT2D eigenvalue weighted by molar-refractivity contribution is 7.99. The summed E-state index contributed by atoms with van der Waals surface area (Å²) < 4.78 is 1.94. The van der Waals surface area contributed by atoms with Crippen LogP contribution in [-0.2, 0) is 11.3 Å². The summed E-state index contributed by atoms with van der Waals surface area (Å²) in [6.45, 7) is 2.68. The van der Waals surface area contributed by atoms with Gasteiger partial charge in [-0.2, -0.15) is 5.26 Å². The van der Waals surface area contributed by atoms with Crippen molar-refractivity contribution in [2.45, 2.75) is 18.6 Å². The predicted molar refractivity (Wildman–Crippen MR) is 99.4 cm³/mol. The molecule has 130 valence electrons. The number of nitrogens with one attached hydrogen (secondary N) is 1. The van der Waals surface area contributed by atoms with E-state index in [1.54, 1.807) is 36.7 Å². The van der Waals surface area contributed by atoms with Crippen LogP contribution >= 0.6 is 11.8 Å².